The minimum Gasteiger partial charge on any atom is -0.508 e. The zero-order chi connectivity index (χ0) is 11.3. The fraction of sp³-hybridized carbons (Fsp3) is 0.538. The predicted octanol–water partition coefficient (Wildman–Crippen LogP) is 2.36. The zero-order valence-electron chi connectivity index (χ0n) is 9.54. The van der Waals surface area contributed by atoms with Crippen molar-refractivity contribution in [1.29, 1.82) is 0 Å². The molecule has 1 aliphatic carbocycles. The quantitative estimate of drug-likeness (QED) is 0.779. The molecule has 0 aliphatic heterocycles. The lowest BCUT2D eigenvalue weighted by molar-refractivity contribution is 0.228. The van der Waals surface area contributed by atoms with Gasteiger partial charge in [0.1, 0.15) is 5.75 Å². The lowest BCUT2D eigenvalue weighted by atomic mass is 9.87. The van der Waals surface area contributed by atoms with Crippen molar-refractivity contribution < 1.29 is 10.2 Å². The largest absolute Gasteiger partial charge is 0.508 e. The highest BCUT2D eigenvalue weighted by Crippen LogP contribution is 2.65. The van der Waals surface area contributed by atoms with Gasteiger partial charge in [-0.1, -0.05) is 26.0 Å². The van der Waals surface area contributed by atoms with Crippen LogP contribution in [0.25, 0.3) is 0 Å². The maximum atomic E-state index is 9.92. The first-order chi connectivity index (χ1) is 6.93. The number of hydrogen-bond acceptors (Lipinski definition) is 2. The summed E-state index contributed by atoms with van der Waals surface area (Å²) in [6.07, 6.45) is 0.938. The lowest BCUT2D eigenvalue weighted by Crippen LogP contribution is -2.19. The van der Waals surface area contributed by atoms with Gasteiger partial charge in [-0.05, 0) is 30.4 Å². The minimum absolute atomic E-state index is 0.0918. The van der Waals surface area contributed by atoms with Gasteiger partial charge < -0.3 is 10.2 Å². The highest BCUT2D eigenvalue weighted by Gasteiger charge is 2.62. The Kier molecular flexibility index (Phi) is 2.09. The van der Waals surface area contributed by atoms with Gasteiger partial charge in [0.05, 0.1) is 6.61 Å². The Morgan fingerprint density at radius 2 is 1.93 bits per heavy atom. The average Bonchev–Trinajstić information content (AvgIpc) is 2.69. The molecule has 1 atom stereocenters. The van der Waals surface area contributed by atoms with E-state index in [0.717, 1.165) is 17.5 Å². The van der Waals surface area contributed by atoms with Crippen molar-refractivity contribution in [3.8, 4) is 5.75 Å². The molecule has 0 aromatic heterocycles. The molecule has 2 N–H and O–H groups in total. The number of phenols is 1. The topological polar surface area (TPSA) is 40.5 Å². The van der Waals surface area contributed by atoms with Gasteiger partial charge >= 0.3 is 0 Å². The van der Waals surface area contributed by atoms with Crippen LogP contribution in [0.1, 0.15) is 31.4 Å². The van der Waals surface area contributed by atoms with Crippen molar-refractivity contribution in [2.45, 2.75) is 32.6 Å². The summed E-state index contributed by atoms with van der Waals surface area (Å²) in [6.45, 7) is 6.31. The van der Waals surface area contributed by atoms with E-state index < -0.39 is 0 Å². The van der Waals surface area contributed by atoms with Crippen LogP contribution in [0, 0.1) is 12.3 Å². The van der Waals surface area contributed by atoms with Crippen molar-refractivity contribution in [1.82, 2.24) is 0 Å². The van der Waals surface area contributed by atoms with Crippen LogP contribution in [0.5, 0.6) is 5.75 Å². The molecular formula is C13H18O2. The van der Waals surface area contributed by atoms with Crippen LogP contribution >= 0.6 is 0 Å². The summed E-state index contributed by atoms with van der Waals surface area (Å²) in [5.41, 5.74) is 1.79. The van der Waals surface area contributed by atoms with E-state index in [4.69, 9.17) is 0 Å². The average molecular weight is 206 g/mol. The van der Waals surface area contributed by atoms with Crippen molar-refractivity contribution >= 4 is 0 Å². The van der Waals surface area contributed by atoms with E-state index in [2.05, 4.69) is 13.8 Å². The summed E-state index contributed by atoms with van der Waals surface area (Å²) in [7, 11) is 0. The van der Waals surface area contributed by atoms with Gasteiger partial charge in [-0.2, -0.15) is 0 Å². The van der Waals surface area contributed by atoms with Gasteiger partial charge in [-0.15, -0.1) is 0 Å². The maximum absolute atomic E-state index is 9.92. The smallest absolute Gasteiger partial charge is 0.119 e. The van der Waals surface area contributed by atoms with Gasteiger partial charge in [-0.3, -0.25) is 0 Å². The number of phenolic OH excluding ortho intramolecular Hbond substituents is 1. The van der Waals surface area contributed by atoms with Crippen LogP contribution in [0.3, 0.4) is 0 Å². The van der Waals surface area contributed by atoms with Crippen LogP contribution in [0.15, 0.2) is 18.2 Å². The Morgan fingerprint density at radius 3 is 2.33 bits per heavy atom. The molecule has 1 unspecified atom stereocenters. The second-order valence-electron chi connectivity index (χ2n) is 5.32. The molecule has 0 amide bonds. The molecule has 1 fully saturated rings. The number of aryl methyl sites for hydroxylation is 1. The van der Waals surface area contributed by atoms with E-state index in [9.17, 15) is 10.2 Å². The summed E-state index contributed by atoms with van der Waals surface area (Å²) >= 11 is 0. The summed E-state index contributed by atoms with van der Waals surface area (Å²) in [5.74, 6) is 0.314. The van der Waals surface area contributed by atoms with Gasteiger partial charge in [0.15, 0.2) is 0 Å². The third-order valence-electron chi connectivity index (χ3n) is 3.85. The van der Waals surface area contributed by atoms with E-state index in [-0.39, 0.29) is 17.4 Å². The molecule has 2 heteroatoms. The molecule has 15 heavy (non-hydrogen) atoms. The van der Waals surface area contributed by atoms with Crippen LogP contribution in [-0.2, 0) is 5.41 Å². The molecule has 2 nitrogen and oxygen atoms in total. The number of hydrogen-bond donors (Lipinski definition) is 2. The van der Waals surface area contributed by atoms with E-state index >= 15 is 0 Å². The molecule has 0 heterocycles. The van der Waals surface area contributed by atoms with Crippen LogP contribution < -0.4 is 0 Å². The van der Waals surface area contributed by atoms with Crippen molar-refractivity contribution in [3.63, 3.8) is 0 Å². The second-order valence-corrected chi connectivity index (χ2v) is 5.32. The highest BCUT2D eigenvalue weighted by atomic mass is 16.3. The lowest BCUT2D eigenvalue weighted by Gasteiger charge is -2.19. The summed E-state index contributed by atoms with van der Waals surface area (Å²) in [5, 5.41) is 19.4. The molecule has 1 aromatic rings. The highest BCUT2D eigenvalue weighted by molar-refractivity contribution is 5.47. The Labute approximate surface area is 90.6 Å². The summed E-state index contributed by atoms with van der Waals surface area (Å²) in [4.78, 5) is 0. The molecule has 1 aliphatic rings. The van der Waals surface area contributed by atoms with Gasteiger partial charge in [0.2, 0.25) is 0 Å². The number of benzene rings is 1. The second kappa shape index (κ2) is 2.99. The molecule has 1 saturated carbocycles. The molecule has 0 bridgehead atoms. The number of aliphatic hydroxyl groups is 1. The first kappa shape index (κ1) is 10.5. The van der Waals surface area contributed by atoms with E-state index in [1.165, 1.54) is 0 Å². The molecule has 0 spiro atoms. The van der Waals surface area contributed by atoms with Crippen LogP contribution in [0.4, 0.5) is 0 Å². The normalized spacial score (nSPS) is 27.7. The van der Waals surface area contributed by atoms with Gasteiger partial charge in [0.25, 0.3) is 0 Å². The maximum Gasteiger partial charge on any atom is 0.119 e. The molecule has 1 aromatic carbocycles. The summed E-state index contributed by atoms with van der Waals surface area (Å²) < 4.78 is 0. The zero-order valence-corrected chi connectivity index (χ0v) is 9.54. The Bertz CT molecular complexity index is 396. The number of rotatable bonds is 2. The fourth-order valence-corrected chi connectivity index (χ4v) is 2.57. The first-order valence-electron chi connectivity index (χ1n) is 5.34. The Morgan fingerprint density at radius 1 is 1.33 bits per heavy atom. The molecule has 0 saturated heterocycles. The standard InChI is InChI=1S/C13H18O2/c1-9-4-5-10(11(15)6-9)13(8-14)7-12(13,2)3/h4-6,14-15H,7-8H2,1-3H3. The predicted molar refractivity (Wildman–Crippen MR) is 60.0 cm³/mol. The van der Waals surface area contributed by atoms with Crippen LogP contribution in [0.2, 0.25) is 0 Å². The fourth-order valence-electron chi connectivity index (χ4n) is 2.57. The Balaban J connectivity index is 2.46. The van der Waals surface area contributed by atoms with Gasteiger partial charge in [0, 0.05) is 11.0 Å². The van der Waals surface area contributed by atoms with E-state index in [0.29, 0.717) is 5.75 Å². The van der Waals surface area contributed by atoms with Crippen molar-refractivity contribution in [3.05, 3.63) is 29.3 Å². The SMILES string of the molecule is Cc1ccc(C2(CO)CC2(C)C)c(O)c1. The third-order valence-corrected chi connectivity index (χ3v) is 3.85. The van der Waals surface area contributed by atoms with E-state index in [1.54, 1.807) is 6.07 Å². The van der Waals surface area contributed by atoms with Crippen molar-refractivity contribution in [2.75, 3.05) is 6.61 Å². The molecule has 2 rings (SSSR count). The number of aromatic hydroxyl groups is 1. The minimum atomic E-state index is -0.231. The molecular weight excluding hydrogens is 188 g/mol. The summed E-state index contributed by atoms with van der Waals surface area (Å²) in [6, 6.07) is 5.69. The third kappa shape index (κ3) is 1.36. The van der Waals surface area contributed by atoms with Crippen molar-refractivity contribution in [2.24, 2.45) is 5.41 Å². The van der Waals surface area contributed by atoms with Gasteiger partial charge in [-0.25, -0.2) is 0 Å². The van der Waals surface area contributed by atoms with Crippen LogP contribution in [-0.4, -0.2) is 16.8 Å². The van der Waals surface area contributed by atoms with E-state index in [1.807, 2.05) is 19.1 Å². The Hall–Kier alpha value is -1.02. The molecule has 0 radical (unpaired) electrons. The first-order valence-corrected chi connectivity index (χ1v) is 5.34. The number of aliphatic hydroxyl groups excluding tert-OH is 1. The monoisotopic (exact) mass is 206 g/mol. The molecule has 82 valence electrons.